The first-order valence-corrected chi connectivity index (χ1v) is 12.2. The summed E-state index contributed by atoms with van der Waals surface area (Å²) in [7, 11) is -4.20. The number of benzene rings is 1. The molecule has 1 aliphatic heterocycles. The van der Waals surface area contributed by atoms with Crippen molar-refractivity contribution >= 4 is 38.9 Å². The van der Waals surface area contributed by atoms with Gasteiger partial charge >= 0.3 is 0 Å². The van der Waals surface area contributed by atoms with Crippen molar-refractivity contribution in [1.82, 2.24) is 19.5 Å². The van der Waals surface area contributed by atoms with Crippen molar-refractivity contribution in [2.75, 3.05) is 36.4 Å². The Bertz CT molecular complexity index is 1390. The molecule has 0 unspecified atom stereocenters. The molecule has 14 nitrogen and oxygen atoms in total. The Labute approximate surface area is 205 Å². The smallest absolute Gasteiger partial charge is 0.280 e. The zero-order valence-corrected chi connectivity index (χ0v) is 20.2. The van der Waals surface area contributed by atoms with Gasteiger partial charge in [0.2, 0.25) is 10.0 Å². The van der Waals surface area contributed by atoms with Gasteiger partial charge in [0.05, 0.1) is 14.7 Å². The fraction of sp³-hybridized carbons (Fsp3) is 0.286. The summed E-state index contributed by atoms with van der Waals surface area (Å²) in [6, 6.07) is 10.8. The van der Waals surface area contributed by atoms with Crippen molar-refractivity contribution in [2.24, 2.45) is 0 Å². The van der Waals surface area contributed by atoms with E-state index >= 15 is 0 Å². The van der Waals surface area contributed by atoms with Crippen LogP contribution in [0.4, 0.5) is 28.8 Å². The second-order valence-corrected chi connectivity index (χ2v) is 10.00. The second kappa shape index (κ2) is 9.79. The lowest BCUT2D eigenvalue weighted by Crippen LogP contribution is -2.49. The monoisotopic (exact) mass is 514 g/mol. The molecule has 1 aliphatic rings. The SMILES string of the molecule is Cc1cccc(Nc2ccc(N3CCN(S(=O)(=O)c4cc([N+](=O)[O-])c(C)c([N+](=O)[O-])c4)CC3)nn2)n1. The Morgan fingerprint density at radius 2 is 1.53 bits per heavy atom. The largest absolute Gasteiger partial charge is 0.352 e. The van der Waals surface area contributed by atoms with E-state index in [0.717, 1.165) is 22.1 Å². The van der Waals surface area contributed by atoms with Crippen LogP contribution in [0.1, 0.15) is 11.3 Å². The normalized spacial score (nSPS) is 14.4. The Morgan fingerprint density at radius 3 is 2.06 bits per heavy atom. The number of hydrogen-bond acceptors (Lipinski definition) is 11. The lowest BCUT2D eigenvalue weighted by Gasteiger charge is -2.34. The minimum atomic E-state index is -4.20. The van der Waals surface area contributed by atoms with Gasteiger partial charge in [-0.3, -0.25) is 20.2 Å². The van der Waals surface area contributed by atoms with E-state index in [0.29, 0.717) is 17.5 Å². The summed E-state index contributed by atoms with van der Waals surface area (Å²) in [5, 5.41) is 34.1. The number of nitrogens with one attached hydrogen (secondary N) is 1. The van der Waals surface area contributed by atoms with Gasteiger partial charge in [0.25, 0.3) is 11.4 Å². The topological polar surface area (TPSA) is 178 Å². The van der Waals surface area contributed by atoms with E-state index in [9.17, 15) is 28.6 Å². The molecular weight excluding hydrogens is 492 g/mol. The zero-order chi connectivity index (χ0) is 26.0. The predicted molar refractivity (Wildman–Crippen MR) is 130 cm³/mol. The molecule has 2 aromatic heterocycles. The highest BCUT2D eigenvalue weighted by Crippen LogP contribution is 2.33. The third-order valence-corrected chi connectivity index (χ3v) is 7.59. The maximum absolute atomic E-state index is 13.2. The first kappa shape index (κ1) is 24.9. The number of nitro benzene ring substituents is 2. The second-order valence-electron chi connectivity index (χ2n) is 8.06. The first-order chi connectivity index (χ1) is 17.1. The molecular formula is C21H22N8O6S. The Balaban J connectivity index is 1.47. The molecule has 0 spiro atoms. The molecule has 15 heteroatoms. The Morgan fingerprint density at radius 1 is 0.889 bits per heavy atom. The zero-order valence-electron chi connectivity index (χ0n) is 19.4. The molecule has 1 fully saturated rings. The molecule has 1 aromatic carbocycles. The minimum absolute atomic E-state index is 0.0622. The molecule has 0 amide bonds. The summed E-state index contributed by atoms with van der Waals surface area (Å²) in [6.07, 6.45) is 0. The number of nitro groups is 2. The summed E-state index contributed by atoms with van der Waals surface area (Å²) < 4.78 is 27.5. The maximum atomic E-state index is 13.2. The van der Waals surface area contributed by atoms with E-state index in [1.165, 1.54) is 6.92 Å². The average Bonchev–Trinajstić information content (AvgIpc) is 2.84. The van der Waals surface area contributed by atoms with Crippen molar-refractivity contribution in [3.05, 3.63) is 74.0 Å². The number of rotatable bonds is 7. The van der Waals surface area contributed by atoms with E-state index in [2.05, 4.69) is 20.5 Å². The number of nitrogens with zero attached hydrogens (tertiary/aromatic N) is 7. The molecule has 1 saturated heterocycles. The van der Waals surface area contributed by atoms with Crippen LogP contribution in [0.15, 0.2) is 47.4 Å². The van der Waals surface area contributed by atoms with Crippen LogP contribution < -0.4 is 10.2 Å². The van der Waals surface area contributed by atoms with Gasteiger partial charge in [-0.1, -0.05) is 6.07 Å². The third-order valence-electron chi connectivity index (χ3n) is 5.72. The van der Waals surface area contributed by atoms with Gasteiger partial charge in [-0.15, -0.1) is 10.2 Å². The molecule has 0 aliphatic carbocycles. The molecule has 3 heterocycles. The first-order valence-electron chi connectivity index (χ1n) is 10.8. The van der Waals surface area contributed by atoms with Crippen LogP contribution in [0, 0.1) is 34.1 Å². The minimum Gasteiger partial charge on any atom is -0.352 e. The van der Waals surface area contributed by atoms with Crippen LogP contribution >= 0.6 is 0 Å². The number of piperazine rings is 1. The van der Waals surface area contributed by atoms with Gasteiger partial charge in [-0.05, 0) is 38.1 Å². The number of anilines is 3. The van der Waals surface area contributed by atoms with Crippen LogP contribution in [-0.2, 0) is 10.0 Å². The number of aromatic nitrogens is 3. The van der Waals surface area contributed by atoms with E-state index in [4.69, 9.17) is 0 Å². The van der Waals surface area contributed by atoms with Crippen molar-refractivity contribution in [3.63, 3.8) is 0 Å². The van der Waals surface area contributed by atoms with Crippen LogP contribution in [0.2, 0.25) is 0 Å². The van der Waals surface area contributed by atoms with Gasteiger partial charge in [0.1, 0.15) is 11.4 Å². The van der Waals surface area contributed by atoms with Crippen molar-refractivity contribution in [3.8, 4) is 0 Å². The fourth-order valence-corrected chi connectivity index (χ4v) is 5.26. The number of hydrogen-bond donors (Lipinski definition) is 1. The number of sulfonamides is 1. The van der Waals surface area contributed by atoms with Crippen LogP contribution in [0.3, 0.4) is 0 Å². The summed E-state index contributed by atoms with van der Waals surface area (Å²) in [4.78, 5) is 26.7. The highest BCUT2D eigenvalue weighted by Gasteiger charge is 2.33. The van der Waals surface area contributed by atoms with Crippen LogP contribution in [-0.4, -0.2) is 63.9 Å². The van der Waals surface area contributed by atoms with Crippen LogP contribution in [0.5, 0.6) is 0 Å². The molecule has 0 bridgehead atoms. The molecule has 0 atom stereocenters. The molecule has 36 heavy (non-hydrogen) atoms. The molecule has 0 radical (unpaired) electrons. The highest BCUT2D eigenvalue weighted by atomic mass is 32.2. The number of pyridine rings is 1. The van der Waals surface area contributed by atoms with Crippen molar-refractivity contribution in [1.29, 1.82) is 0 Å². The average molecular weight is 515 g/mol. The standard InChI is InChI=1S/C21H22N8O6S/c1-14-4-3-5-19(22-14)23-20-6-7-21(25-24-20)26-8-10-27(11-9-26)36(34,35)16-12-17(28(30)31)15(2)18(13-16)29(32)33/h3-7,12-13H,8-11H2,1-2H3,(H,22,23,24). The van der Waals surface area contributed by atoms with Gasteiger partial charge in [-0.25, -0.2) is 13.4 Å². The maximum Gasteiger partial charge on any atom is 0.280 e. The number of aryl methyl sites for hydroxylation is 1. The molecule has 1 N–H and O–H groups in total. The summed E-state index contributed by atoms with van der Waals surface area (Å²) >= 11 is 0. The lowest BCUT2D eigenvalue weighted by molar-refractivity contribution is -0.395. The van der Waals surface area contributed by atoms with Crippen LogP contribution in [0.25, 0.3) is 0 Å². The highest BCUT2D eigenvalue weighted by molar-refractivity contribution is 7.89. The van der Waals surface area contributed by atoms with Crippen molar-refractivity contribution < 1.29 is 18.3 Å². The van der Waals surface area contributed by atoms with E-state index < -0.39 is 36.1 Å². The van der Waals surface area contributed by atoms with Gasteiger partial charge in [-0.2, -0.15) is 4.31 Å². The molecule has 4 rings (SSSR count). The molecule has 188 valence electrons. The summed E-state index contributed by atoms with van der Waals surface area (Å²) in [6.45, 7) is 3.79. The van der Waals surface area contributed by atoms with E-state index in [-0.39, 0.29) is 31.7 Å². The Kier molecular flexibility index (Phi) is 6.76. The molecule has 3 aromatic rings. The van der Waals surface area contributed by atoms with Gasteiger partial charge in [0.15, 0.2) is 11.6 Å². The predicted octanol–water partition coefficient (Wildman–Crippen LogP) is 2.56. The van der Waals surface area contributed by atoms with E-state index in [1.807, 2.05) is 24.0 Å². The van der Waals surface area contributed by atoms with Gasteiger partial charge < -0.3 is 10.2 Å². The summed E-state index contributed by atoms with van der Waals surface area (Å²) in [5.41, 5.74) is -0.590. The van der Waals surface area contributed by atoms with E-state index in [1.54, 1.807) is 18.2 Å². The lowest BCUT2D eigenvalue weighted by atomic mass is 10.1. The van der Waals surface area contributed by atoms with Gasteiger partial charge in [0, 0.05) is 44.0 Å². The third kappa shape index (κ3) is 5.06. The Hall–Kier alpha value is -4.24. The molecule has 0 saturated carbocycles. The quantitative estimate of drug-likeness (QED) is 0.362. The summed E-state index contributed by atoms with van der Waals surface area (Å²) in [5.74, 6) is 1.68. The van der Waals surface area contributed by atoms with Crippen molar-refractivity contribution in [2.45, 2.75) is 18.7 Å². The fourth-order valence-electron chi connectivity index (χ4n) is 3.80.